The molecule has 0 spiro atoms. The van der Waals surface area contributed by atoms with Crippen molar-refractivity contribution in [3.8, 4) is 11.5 Å². The molecule has 0 atom stereocenters. The first-order chi connectivity index (χ1) is 14.8. The Kier molecular flexibility index (Phi) is 6.45. The van der Waals surface area contributed by atoms with Crippen LogP contribution in [0.25, 0.3) is 0 Å². The van der Waals surface area contributed by atoms with Gasteiger partial charge in [-0.2, -0.15) is 0 Å². The van der Waals surface area contributed by atoms with Crippen LogP contribution in [0.1, 0.15) is 16.7 Å². The molecule has 3 rings (SSSR count). The van der Waals surface area contributed by atoms with Crippen molar-refractivity contribution in [2.24, 2.45) is 5.73 Å². The zero-order valence-corrected chi connectivity index (χ0v) is 16.8. The summed E-state index contributed by atoms with van der Waals surface area (Å²) < 4.78 is 84.3. The largest absolute Gasteiger partial charge is 0.573 e. The summed E-state index contributed by atoms with van der Waals surface area (Å²) in [5.74, 6) is -0.979. The molecule has 0 radical (unpaired) electrons. The molecule has 0 saturated heterocycles. The smallest absolute Gasteiger partial charge is 0.406 e. The van der Waals surface area contributed by atoms with Gasteiger partial charge in [0.2, 0.25) is 0 Å². The molecular weight excluding hydrogens is 435 g/mol. The highest BCUT2D eigenvalue weighted by Gasteiger charge is 2.35. The molecule has 0 bridgehead atoms. The lowest BCUT2D eigenvalue weighted by Crippen LogP contribution is -2.40. The molecule has 0 heterocycles. The van der Waals surface area contributed by atoms with Crippen LogP contribution in [0.2, 0.25) is 0 Å². The molecule has 0 aliphatic rings. The highest BCUT2D eigenvalue weighted by molar-refractivity contribution is 6.32. The Morgan fingerprint density at radius 3 is 1.53 bits per heavy atom. The normalized spacial score (nSPS) is 12.5. The molecule has 0 aromatic heterocycles. The Labute approximate surface area is 181 Å². The van der Waals surface area contributed by atoms with Gasteiger partial charge in [-0.25, -0.2) is 0 Å². The van der Waals surface area contributed by atoms with Crippen molar-refractivity contribution in [3.63, 3.8) is 0 Å². The molecule has 2 N–H and O–H groups in total. The predicted molar refractivity (Wildman–Crippen MR) is 110 cm³/mol. The van der Waals surface area contributed by atoms with E-state index in [9.17, 15) is 26.3 Å². The van der Waals surface area contributed by atoms with Crippen LogP contribution in [0, 0.1) is 0 Å². The second-order valence-corrected chi connectivity index (χ2v) is 7.28. The number of nitrogens with two attached hydrogens (primary N) is 1. The van der Waals surface area contributed by atoms with Crippen LogP contribution in [0.4, 0.5) is 26.3 Å². The van der Waals surface area contributed by atoms with E-state index in [-0.39, 0.29) is 17.5 Å². The van der Waals surface area contributed by atoms with E-state index in [0.29, 0.717) is 0 Å². The zero-order valence-electron chi connectivity index (χ0n) is 16.8. The van der Waals surface area contributed by atoms with Crippen molar-refractivity contribution in [3.05, 3.63) is 89.5 Å². The molecule has 3 aromatic rings. The van der Waals surface area contributed by atoms with Crippen molar-refractivity contribution < 1.29 is 35.8 Å². The minimum absolute atomic E-state index is 0.0955. The first-order valence-electron chi connectivity index (χ1n) is 9.41. The van der Waals surface area contributed by atoms with Crippen LogP contribution in [0.15, 0.2) is 72.8 Å². The monoisotopic (exact) mass is 453 g/mol. The van der Waals surface area contributed by atoms with Gasteiger partial charge in [0.1, 0.15) is 19.3 Å². The summed E-state index contributed by atoms with van der Waals surface area (Å²) in [5, 5.41) is 0. The fraction of sp³-hybridized carbons (Fsp3) is 0.182. The molecule has 168 valence electrons. The molecule has 0 amide bonds. The van der Waals surface area contributed by atoms with E-state index in [0.717, 1.165) is 35.3 Å². The topological polar surface area (TPSA) is 44.5 Å². The summed E-state index contributed by atoms with van der Waals surface area (Å²) in [4.78, 5) is 0. The number of rotatable bonds is 6. The Bertz CT molecular complexity index is 1010. The number of halogens is 6. The maximum absolute atomic E-state index is 12.7. The van der Waals surface area contributed by atoms with Crippen LogP contribution in [0.5, 0.6) is 11.5 Å². The quantitative estimate of drug-likeness (QED) is 0.450. The number of hydrogen-bond donors (Lipinski definition) is 1. The average Bonchev–Trinajstić information content (AvgIpc) is 2.67. The predicted octanol–water partition coefficient (Wildman–Crippen LogP) is 4.19. The van der Waals surface area contributed by atoms with Gasteiger partial charge in [-0.1, -0.05) is 54.0 Å². The molecule has 32 heavy (non-hydrogen) atoms. The van der Waals surface area contributed by atoms with Crippen molar-refractivity contribution >= 4 is 13.3 Å². The van der Waals surface area contributed by atoms with Crippen LogP contribution < -0.4 is 20.7 Å². The number of alkyl halides is 6. The third-order valence-corrected chi connectivity index (χ3v) is 4.77. The molecule has 0 fully saturated rings. The summed E-state index contributed by atoms with van der Waals surface area (Å²) in [6.07, 6.45) is -9.72. The minimum atomic E-state index is -4.91. The number of ether oxygens (including phenoxy) is 2. The zero-order chi connectivity index (χ0) is 23.6. The summed E-state index contributed by atoms with van der Waals surface area (Å²) in [6.45, 7) is 0. The van der Waals surface area contributed by atoms with Gasteiger partial charge in [-0.05, 0) is 47.4 Å². The first kappa shape index (κ1) is 23.5. The van der Waals surface area contributed by atoms with Gasteiger partial charge in [0, 0.05) is 0 Å². The minimum Gasteiger partial charge on any atom is -0.406 e. The molecule has 0 aliphatic heterocycles. The number of benzene rings is 3. The van der Waals surface area contributed by atoms with E-state index in [1.807, 2.05) is 20.0 Å². The maximum atomic E-state index is 12.7. The lowest BCUT2D eigenvalue weighted by Gasteiger charge is -2.32. The van der Waals surface area contributed by atoms with Gasteiger partial charge in [-0.3, -0.25) is 0 Å². The van der Waals surface area contributed by atoms with Gasteiger partial charge in [0.15, 0.2) is 0 Å². The SMILES string of the molecule is Bc1ccc(CC(N)(c2cccc(OC(F)(F)F)c2)c2cccc(OC(F)(F)F)c2)cc1. The van der Waals surface area contributed by atoms with E-state index in [4.69, 9.17) is 5.73 Å². The van der Waals surface area contributed by atoms with Gasteiger partial charge in [0.05, 0.1) is 5.54 Å². The van der Waals surface area contributed by atoms with Crippen LogP contribution in [-0.2, 0) is 12.0 Å². The van der Waals surface area contributed by atoms with Gasteiger partial charge in [0.25, 0.3) is 0 Å². The molecule has 3 nitrogen and oxygen atoms in total. The van der Waals surface area contributed by atoms with E-state index in [1.165, 1.54) is 24.3 Å². The van der Waals surface area contributed by atoms with Crippen molar-refractivity contribution in [1.82, 2.24) is 0 Å². The second-order valence-electron chi connectivity index (χ2n) is 7.28. The van der Waals surface area contributed by atoms with E-state index < -0.39 is 29.8 Å². The highest BCUT2D eigenvalue weighted by atomic mass is 19.4. The lowest BCUT2D eigenvalue weighted by atomic mass is 9.78. The third kappa shape index (κ3) is 6.19. The van der Waals surface area contributed by atoms with Crippen LogP contribution >= 0.6 is 0 Å². The van der Waals surface area contributed by atoms with Crippen molar-refractivity contribution in [1.29, 1.82) is 0 Å². The number of hydrogen-bond acceptors (Lipinski definition) is 3. The third-order valence-electron chi connectivity index (χ3n) is 4.77. The van der Waals surface area contributed by atoms with E-state index in [2.05, 4.69) is 9.47 Å². The van der Waals surface area contributed by atoms with Crippen LogP contribution in [-0.4, -0.2) is 20.6 Å². The van der Waals surface area contributed by atoms with E-state index in [1.54, 1.807) is 12.1 Å². The summed E-state index contributed by atoms with van der Waals surface area (Å²) in [6, 6.07) is 17.4. The summed E-state index contributed by atoms with van der Waals surface area (Å²) in [5.41, 5.74) is 7.40. The Hall–Kier alpha value is -3.14. The highest BCUT2D eigenvalue weighted by Crippen LogP contribution is 2.36. The molecule has 0 aliphatic carbocycles. The maximum Gasteiger partial charge on any atom is 0.573 e. The summed E-state index contributed by atoms with van der Waals surface area (Å²) >= 11 is 0. The molecule has 3 aromatic carbocycles. The summed E-state index contributed by atoms with van der Waals surface area (Å²) in [7, 11) is 1.88. The molecule has 0 unspecified atom stereocenters. The van der Waals surface area contributed by atoms with E-state index >= 15 is 0 Å². The average molecular weight is 453 g/mol. The van der Waals surface area contributed by atoms with Gasteiger partial charge < -0.3 is 15.2 Å². The second kappa shape index (κ2) is 8.78. The molecule has 10 heteroatoms. The first-order valence-corrected chi connectivity index (χ1v) is 9.41. The fourth-order valence-corrected chi connectivity index (χ4v) is 3.34. The Morgan fingerprint density at radius 1 is 0.688 bits per heavy atom. The van der Waals surface area contributed by atoms with Crippen LogP contribution in [0.3, 0.4) is 0 Å². The van der Waals surface area contributed by atoms with Crippen molar-refractivity contribution in [2.45, 2.75) is 24.7 Å². The van der Waals surface area contributed by atoms with Gasteiger partial charge >= 0.3 is 12.7 Å². The van der Waals surface area contributed by atoms with Gasteiger partial charge in [-0.15, -0.1) is 26.3 Å². The Morgan fingerprint density at radius 2 is 1.12 bits per heavy atom. The molecule has 0 saturated carbocycles. The molecular formula is C22H18BF6NO2. The van der Waals surface area contributed by atoms with Crippen molar-refractivity contribution in [2.75, 3.05) is 0 Å². The Balaban J connectivity index is 2.09. The fourth-order valence-electron chi connectivity index (χ4n) is 3.34. The standard InChI is InChI=1S/C22H18BF6NO2/c23-17-9-7-14(8-10-17)13-20(30,15-3-1-5-18(11-15)31-21(24,25)26)16-4-2-6-19(12-16)32-22(27,28)29/h1-12H,13,23,30H2. The lowest BCUT2D eigenvalue weighted by molar-refractivity contribution is -0.275.